The van der Waals surface area contributed by atoms with Crippen LogP contribution < -0.4 is 31.4 Å². The van der Waals surface area contributed by atoms with Gasteiger partial charge in [0, 0.05) is 19.6 Å². The first-order valence-electron chi connectivity index (χ1n) is 14.5. The summed E-state index contributed by atoms with van der Waals surface area (Å²) in [5, 5.41) is 10.3. The van der Waals surface area contributed by atoms with Crippen LogP contribution in [0, 0.1) is 0 Å². The van der Waals surface area contributed by atoms with Gasteiger partial charge in [0.15, 0.2) is 32.6 Å². The number of anilines is 5. The maximum Gasteiger partial charge on any atom is 0.300 e. The smallest absolute Gasteiger partial charge is 0.300 e. The molecule has 21 nitrogen and oxygen atoms in total. The molecule has 0 amide bonds. The van der Waals surface area contributed by atoms with Gasteiger partial charge in [0.25, 0.3) is 21.3 Å². The van der Waals surface area contributed by atoms with E-state index < -0.39 is 64.2 Å². The second kappa shape index (κ2) is 14.3. The summed E-state index contributed by atoms with van der Waals surface area (Å²) in [6.45, 7) is 5.04. The van der Waals surface area contributed by atoms with E-state index in [1.54, 1.807) is 14.0 Å². The summed E-state index contributed by atoms with van der Waals surface area (Å²) in [6.07, 6.45) is 0. The van der Waals surface area contributed by atoms with Gasteiger partial charge in [-0.3, -0.25) is 22.8 Å². The molecular formula is C27H24Cl3N9O12S3. The SMILES string of the molecule is C=C(/N=c1/ccc2nc3c(Cl)c4c(c(Cl)c3oc-2c1S(=O)(=O)O)Nc1ccc(NCC(C)Nc2nc(Cl)nc(NC)n2)c(S(=O)(=O)O)c1O4)OS(O)(O)O. The van der Waals surface area contributed by atoms with Gasteiger partial charge < -0.3 is 34.6 Å². The molecule has 6 rings (SSSR count). The van der Waals surface area contributed by atoms with Crippen molar-refractivity contribution < 1.29 is 52.9 Å². The minimum atomic E-state index is -5.18. The summed E-state index contributed by atoms with van der Waals surface area (Å²) >= 11 is 14.8. The van der Waals surface area contributed by atoms with Crippen molar-refractivity contribution in [1.29, 1.82) is 0 Å². The summed E-state index contributed by atoms with van der Waals surface area (Å²) in [7, 11) is -8.58. The zero-order valence-electron chi connectivity index (χ0n) is 27.0. The summed E-state index contributed by atoms with van der Waals surface area (Å²) in [4.78, 5) is 18.4. The van der Waals surface area contributed by atoms with Gasteiger partial charge in [-0.25, -0.2) is 9.98 Å². The van der Waals surface area contributed by atoms with Crippen molar-refractivity contribution in [3.63, 3.8) is 0 Å². The second-order valence-corrected chi connectivity index (χ2v) is 15.9. The molecule has 288 valence electrons. The van der Waals surface area contributed by atoms with Crippen LogP contribution in [0.2, 0.25) is 15.3 Å². The number of benzene rings is 3. The molecule has 1 aliphatic carbocycles. The zero-order valence-corrected chi connectivity index (χ0v) is 31.7. The average Bonchev–Trinajstić information content (AvgIpc) is 3.05. The molecule has 0 spiro atoms. The lowest BCUT2D eigenvalue weighted by atomic mass is 10.1. The van der Waals surface area contributed by atoms with Crippen LogP contribution in [0.4, 0.5) is 29.0 Å². The van der Waals surface area contributed by atoms with Crippen molar-refractivity contribution in [3.8, 4) is 23.0 Å². The quantitative estimate of drug-likeness (QED) is 0.0415. The molecule has 1 atom stereocenters. The fourth-order valence-corrected chi connectivity index (χ4v) is 7.60. The highest BCUT2D eigenvalue weighted by Gasteiger charge is 2.35. The Kier molecular flexibility index (Phi) is 10.4. The number of nitrogens with one attached hydrogen (secondary N) is 4. The Bertz CT molecular complexity index is 2640. The Morgan fingerprint density at radius 3 is 2.28 bits per heavy atom. The topological polar surface area (TPSA) is 313 Å². The minimum Gasteiger partial charge on any atom is -0.450 e. The van der Waals surface area contributed by atoms with Crippen molar-refractivity contribution in [1.82, 2.24) is 19.9 Å². The molecule has 3 heterocycles. The van der Waals surface area contributed by atoms with Crippen LogP contribution in [0.15, 0.2) is 55.9 Å². The maximum absolute atomic E-state index is 12.8. The third-order valence-corrected chi connectivity index (χ3v) is 10.3. The maximum atomic E-state index is 12.8. The number of rotatable bonds is 11. The van der Waals surface area contributed by atoms with Crippen molar-refractivity contribution in [3.05, 3.63) is 57.4 Å². The third kappa shape index (κ3) is 7.98. The van der Waals surface area contributed by atoms with Crippen molar-refractivity contribution in [2.45, 2.75) is 22.8 Å². The number of aromatic nitrogens is 4. The first-order chi connectivity index (χ1) is 25.1. The lowest BCUT2D eigenvalue weighted by Crippen LogP contribution is -2.27. The minimum absolute atomic E-state index is 0.00887. The van der Waals surface area contributed by atoms with Crippen LogP contribution in [-0.2, 0) is 24.4 Å². The first kappa shape index (κ1) is 39.2. The monoisotopic (exact) mass is 867 g/mol. The molecule has 0 saturated heterocycles. The third-order valence-electron chi connectivity index (χ3n) is 7.13. The van der Waals surface area contributed by atoms with E-state index in [1.807, 2.05) is 0 Å². The van der Waals surface area contributed by atoms with Gasteiger partial charge in [-0.1, -0.05) is 23.2 Å². The highest BCUT2D eigenvalue weighted by Crippen LogP contribution is 2.55. The predicted molar refractivity (Wildman–Crippen MR) is 197 cm³/mol. The van der Waals surface area contributed by atoms with E-state index >= 15 is 0 Å². The van der Waals surface area contributed by atoms with Gasteiger partial charge in [-0.2, -0.15) is 31.8 Å². The normalized spacial score (nSPS) is 14.1. The van der Waals surface area contributed by atoms with E-state index in [0.29, 0.717) is 0 Å². The van der Waals surface area contributed by atoms with Crippen LogP contribution in [0.1, 0.15) is 6.92 Å². The van der Waals surface area contributed by atoms with Crippen LogP contribution in [0.25, 0.3) is 22.6 Å². The number of nitrogens with zero attached hydrogens (tertiary/aromatic N) is 5. The van der Waals surface area contributed by atoms with E-state index in [2.05, 4.69) is 57.0 Å². The standard InChI is InChI=1S/C27H24Cl3N9O12S3/c1-9(33-27-38-25(30)37-26(31-3)39-27)8-32-13-6-4-11-19(23(13)52(40,41)42)49-21-15(28)18-22(16(29)17(21)35-11)50-20-12(36-18)5-7-14(24(20)53(43,44)45)34-10(2)51-54(46,47)48/h4-7,9,32,35,46-48H,2,8H2,1,3H3,(H,40,41,42)(H,43,44,45)(H2,31,33,37,38,39)/b34-14-. The fraction of sp³-hybridized carbons (Fsp3) is 0.148. The lowest BCUT2D eigenvalue weighted by molar-refractivity contribution is 0.246. The molecular weight excluding hydrogens is 845 g/mol. The molecule has 3 aromatic rings. The highest BCUT2D eigenvalue weighted by molar-refractivity contribution is 8.15. The van der Waals surface area contributed by atoms with Gasteiger partial charge in [-0.05, 0) is 49.4 Å². The van der Waals surface area contributed by atoms with E-state index in [4.69, 9.17) is 57.6 Å². The van der Waals surface area contributed by atoms with Gasteiger partial charge in [0.2, 0.25) is 23.1 Å². The van der Waals surface area contributed by atoms with Crippen LogP contribution in [-0.4, -0.2) is 79.2 Å². The fourth-order valence-electron chi connectivity index (χ4n) is 5.06. The molecule has 1 aromatic heterocycles. The zero-order chi connectivity index (χ0) is 39.5. The Hall–Kier alpha value is -4.47. The van der Waals surface area contributed by atoms with Gasteiger partial charge in [0.1, 0.15) is 26.9 Å². The predicted octanol–water partition coefficient (Wildman–Crippen LogP) is 5.90. The van der Waals surface area contributed by atoms with Crippen molar-refractivity contribution in [2.24, 2.45) is 4.99 Å². The molecule has 1 unspecified atom stereocenters. The molecule has 0 saturated carbocycles. The van der Waals surface area contributed by atoms with Gasteiger partial charge in [-0.15, -0.1) is 0 Å². The van der Waals surface area contributed by atoms with Crippen molar-refractivity contribution >= 4 is 106 Å². The van der Waals surface area contributed by atoms with Gasteiger partial charge in [0.05, 0.1) is 16.7 Å². The van der Waals surface area contributed by atoms with Crippen molar-refractivity contribution in [2.75, 3.05) is 34.9 Å². The first-order valence-corrected chi connectivity index (χ1v) is 20.0. The summed E-state index contributed by atoms with van der Waals surface area (Å²) < 4.78 is 115. The summed E-state index contributed by atoms with van der Waals surface area (Å²) in [5.41, 5.74) is -0.960. The Morgan fingerprint density at radius 1 is 0.944 bits per heavy atom. The Balaban J connectivity index is 1.41. The molecule has 0 bridgehead atoms. The number of halogens is 3. The number of hydrogen-bond donors (Lipinski definition) is 9. The molecule has 27 heteroatoms. The largest absolute Gasteiger partial charge is 0.450 e. The molecule has 0 radical (unpaired) electrons. The molecule has 9 N–H and O–H groups in total. The molecule has 2 aliphatic heterocycles. The van der Waals surface area contributed by atoms with E-state index in [-0.39, 0.29) is 79.1 Å². The molecule has 0 fully saturated rings. The Labute approximate surface area is 320 Å². The number of hydrogen-bond acceptors (Lipinski definition) is 19. The number of fused-ring (bicyclic) bond motifs is 4. The van der Waals surface area contributed by atoms with E-state index in [1.165, 1.54) is 18.2 Å². The van der Waals surface area contributed by atoms with Crippen LogP contribution in [0.5, 0.6) is 11.5 Å². The molecule has 54 heavy (non-hydrogen) atoms. The lowest BCUT2D eigenvalue weighted by Gasteiger charge is -2.27. The molecule has 2 aromatic carbocycles. The number of ether oxygens (including phenoxy) is 1. The highest BCUT2D eigenvalue weighted by atomic mass is 35.5. The van der Waals surface area contributed by atoms with E-state index in [9.17, 15) is 25.9 Å². The van der Waals surface area contributed by atoms with Crippen LogP contribution in [0.3, 0.4) is 0 Å². The average molecular weight is 869 g/mol. The van der Waals surface area contributed by atoms with E-state index in [0.717, 1.165) is 6.07 Å². The second-order valence-electron chi connectivity index (χ2n) is 11.0. The molecule has 3 aliphatic rings. The summed E-state index contributed by atoms with van der Waals surface area (Å²) in [5.74, 6) is -1.75. The Morgan fingerprint density at radius 2 is 1.63 bits per heavy atom. The summed E-state index contributed by atoms with van der Waals surface area (Å²) in [6, 6.07) is 4.49. The van der Waals surface area contributed by atoms with Gasteiger partial charge >= 0.3 is 10.1 Å². The van der Waals surface area contributed by atoms with Crippen LogP contribution >= 0.6 is 46.0 Å².